The topological polar surface area (TPSA) is 65.7 Å². The number of phenolic OH excluding ortho intramolecular Hbond substituents is 1. The van der Waals surface area contributed by atoms with E-state index in [9.17, 15) is 9.90 Å². The summed E-state index contributed by atoms with van der Waals surface area (Å²) >= 11 is 0. The lowest BCUT2D eigenvalue weighted by molar-refractivity contribution is 0.120. The van der Waals surface area contributed by atoms with Gasteiger partial charge in [0.2, 0.25) is 0 Å². The molecule has 2 atom stereocenters. The number of phenols is 1. The second-order valence-corrected chi connectivity index (χ2v) is 6.50. The molecule has 1 aliphatic heterocycles. The second-order valence-electron chi connectivity index (χ2n) is 6.50. The molecule has 1 aromatic heterocycles. The van der Waals surface area contributed by atoms with E-state index in [1.807, 2.05) is 29.2 Å². The van der Waals surface area contributed by atoms with Gasteiger partial charge in [0.1, 0.15) is 11.5 Å². The SMILES string of the molecule is CC1CCN(C(=O)NCCc2ccc(O)cc2)C(c2ccco2)C1. The van der Waals surface area contributed by atoms with Crippen molar-refractivity contribution in [3.05, 3.63) is 54.0 Å². The van der Waals surface area contributed by atoms with Crippen LogP contribution in [0, 0.1) is 5.92 Å². The molecule has 0 radical (unpaired) electrons. The average molecular weight is 328 g/mol. The molecule has 2 aromatic rings. The minimum Gasteiger partial charge on any atom is -0.508 e. The predicted molar refractivity (Wildman–Crippen MR) is 91.8 cm³/mol. The van der Waals surface area contributed by atoms with Crippen molar-refractivity contribution < 1.29 is 14.3 Å². The minimum absolute atomic E-state index is 0.0115. The molecule has 2 amide bonds. The fourth-order valence-corrected chi connectivity index (χ4v) is 3.21. The van der Waals surface area contributed by atoms with Crippen molar-refractivity contribution >= 4 is 6.03 Å². The van der Waals surface area contributed by atoms with Crippen LogP contribution in [0.4, 0.5) is 4.79 Å². The van der Waals surface area contributed by atoms with Gasteiger partial charge in [0, 0.05) is 13.1 Å². The molecule has 1 saturated heterocycles. The van der Waals surface area contributed by atoms with Crippen molar-refractivity contribution in [2.45, 2.75) is 32.2 Å². The maximum Gasteiger partial charge on any atom is 0.318 e. The summed E-state index contributed by atoms with van der Waals surface area (Å²) in [5, 5.41) is 12.3. The smallest absolute Gasteiger partial charge is 0.318 e. The molecule has 128 valence electrons. The molecular weight excluding hydrogens is 304 g/mol. The Labute approximate surface area is 142 Å². The third-order valence-corrected chi connectivity index (χ3v) is 4.62. The van der Waals surface area contributed by atoms with Gasteiger partial charge in [0.25, 0.3) is 0 Å². The molecule has 2 heterocycles. The molecule has 2 unspecified atom stereocenters. The third-order valence-electron chi connectivity index (χ3n) is 4.62. The van der Waals surface area contributed by atoms with Gasteiger partial charge < -0.3 is 19.7 Å². The van der Waals surface area contributed by atoms with Gasteiger partial charge in [0.05, 0.1) is 12.3 Å². The van der Waals surface area contributed by atoms with Crippen LogP contribution in [-0.4, -0.2) is 29.1 Å². The van der Waals surface area contributed by atoms with Crippen LogP contribution >= 0.6 is 0 Å². The van der Waals surface area contributed by atoms with Crippen LogP contribution in [0.2, 0.25) is 0 Å². The fraction of sp³-hybridized carbons (Fsp3) is 0.421. The average Bonchev–Trinajstić information content (AvgIpc) is 3.11. The first-order valence-corrected chi connectivity index (χ1v) is 8.49. The highest BCUT2D eigenvalue weighted by Crippen LogP contribution is 2.34. The Kier molecular flexibility index (Phi) is 5.08. The van der Waals surface area contributed by atoms with Crippen molar-refractivity contribution in [1.82, 2.24) is 10.2 Å². The molecule has 0 bridgehead atoms. The standard InChI is InChI=1S/C19H24N2O3/c1-14-9-11-21(17(13-14)18-3-2-12-24-18)19(23)20-10-8-15-4-6-16(22)7-5-15/h2-7,12,14,17,22H,8-11,13H2,1H3,(H,20,23). The molecule has 1 fully saturated rings. The number of hydrogen-bond acceptors (Lipinski definition) is 3. The summed E-state index contributed by atoms with van der Waals surface area (Å²) in [4.78, 5) is 14.5. The van der Waals surface area contributed by atoms with Crippen molar-refractivity contribution in [2.24, 2.45) is 5.92 Å². The maximum absolute atomic E-state index is 12.6. The Morgan fingerprint density at radius 2 is 2.12 bits per heavy atom. The quantitative estimate of drug-likeness (QED) is 0.899. The first kappa shape index (κ1) is 16.4. The number of amides is 2. The van der Waals surface area contributed by atoms with Gasteiger partial charge >= 0.3 is 6.03 Å². The molecule has 0 aliphatic carbocycles. The zero-order valence-electron chi connectivity index (χ0n) is 13.9. The number of aromatic hydroxyl groups is 1. The first-order chi connectivity index (χ1) is 11.6. The zero-order valence-corrected chi connectivity index (χ0v) is 13.9. The predicted octanol–water partition coefficient (Wildman–Crippen LogP) is 3.71. The van der Waals surface area contributed by atoms with Gasteiger partial charge in [-0.15, -0.1) is 0 Å². The fourth-order valence-electron chi connectivity index (χ4n) is 3.21. The lowest BCUT2D eigenvalue weighted by atomic mass is 9.91. The lowest BCUT2D eigenvalue weighted by Crippen LogP contribution is -2.46. The number of likely N-dealkylation sites (tertiary alicyclic amines) is 1. The van der Waals surface area contributed by atoms with E-state index >= 15 is 0 Å². The lowest BCUT2D eigenvalue weighted by Gasteiger charge is -2.37. The summed E-state index contributed by atoms with van der Waals surface area (Å²) in [7, 11) is 0. The van der Waals surface area contributed by atoms with Gasteiger partial charge in [-0.1, -0.05) is 19.1 Å². The summed E-state index contributed by atoms with van der Waals surface area (Å²) in [6, 6.07) is 10.9. The van der Waals surface area contributed by atoms with Gasteiger partial charge in [-0.2, -0.15) is 0 Å². The summed E-state index contributed by atoms with van der Waals surface area (Å²) in [6.45, 7) is 3.54. The highest BCUT2D eigenvalue weighted by atomic mass is 16.3. The minimum atomic E-state index is -0.0397. The number of hydrogen-bond donors (Lipinski definition) is 2. The summed E-state index contributed by atoms with van der Waals surface area (Å²) < 4.78 is 5.54. The van der Waals surface area contributed by atoms with Crippen LogP contribution in [-0.2, 0) is 6.42 Å². The van der Waals surface area contributed by atoms with Crippen LogP contribution < -0.4 is 5.32 Å². The Bertz CT molecular complexity index is 652. The van der Waals surface area contributed by atoms with Gasteiger partial charge in [-0.05, 0) is 55.0 Å². The summed E-state index contributed by atoms with van der Waals surface area (Å²) in [5.74, 6) is 1.70. The number of nitrogens with one attached hydrogen (secondary N) is 1. The van der Waals surface area contributed by atoms with E-state index in [2.05, 4.69) is 12.2 Å². The van der Waals surface area contributed by atoms with Crippen LogP contribution in [0.5, 0.6) is 5.75 Å². The monoisotopic (exact) mass is 328 g/mol. The van der Waals surface area contributed by atoms with Crippen molar-refractivity contribution in [3.63, 3.8) is 0 Å². The van der Waals surface area contributed by atoms with Gasteiger partial charge in [0.15, 0.2) is 0 Å². The Morgan fingerprint density at radius 3 is 2.83 bits per heavy atom. The molecule has 5 heteroatoms. The molecule has 0 saturated carbocycles. The Morgan fingerprint density at radius 1 is 1.33 bits per heavy atom. The van der Waals surface area contributed by atoms with Crippen molar-refractivity contribution in [1.29, 1.82) is 0 Å². The van der Waals surface area contributed by atoms with Crippen LogP contribution in [0.15, 0.2) is 47.1 Å². The Balaban J connectivity index is 1.57. The van der Waals surface area contributed by atoms with Gasteiger partial charge in [-0.25, -0.2) is 4.79 Å². The summed E-state index contributed by atoms with van der Waals surface area (Å²) in [5.41, 5.74) is 1.09. The van der Waals surface area contributed by atoms with Crippen LogP contribution in [0.25, 0.3) is 0 Å². The molecule has 24 heavy (non-hydrogen) atoms. The zero-order chi connectivity index (χ0) is 16.9. The number of carbonyl (C=O) groups excluding carboxylic acids is 1. The van der Waals surface area contributed by atoms with Crippen molar-refractivity contribution in [3.8, 4) is 5.75 Å². The number of rotatable bonds is 4. The molecule has 1 aromatic carbocycles. The van der Waals surface area contributed by atoms with Crippen LogP contribution in [0.1, 0.15) is 37.1 Å². The van der Waals surface area contributed by atoms with Crippen molar-refractivity contribution in [2.75, 3.05) is 13.1 Å². The highest BCUT2D eigenvalue weighted by molar-refractivity contribution is 5.74. The molecule has 1 aliphatic rings. The second kappa shape index (κ2) is 7.43. The molecule has 0 spiro atoms. The van der Waals surface area contributed by atoms with E-state index in [0.29, 0.717) is 12.5 Å². The molecule has 3 rings (SSSR count). The van der Waals surface area contributed by atoms with E-state index in [-0.39, 0.29) is 17.8 Å². The van der Waals surface area contributed by atoms with E-state index in [1.165, 1.54) is 0 Å². The highest BCUT2D eigenvalue weighted by Gasteiger charge is 2.32. The molecule has 2 N–H and O–H groups in total. The van der Waals surface area contributed by atoms with E-state index in [0.717, 1.165) is 37.1 Å². The molecular formula is C19H24N2O3. The third kappa shape index (κ3) is 3.91. The number of piperidine rings is 1. The maximum atomic E-state index is 12.6. The largest absolute Gasteiger partial charge is 0.508 e. The number of carbonyl (C=O) groups is 1. The van der Waals surface area contributed by atoms with Crippen LogP contribution in [0.3, 0.4) is 0 Å². The number of furan rings is 1. The number of benzene rings is 1. The van der Waals surface area contributed by atoms with Gasteiger partial charge in [-0.3, -0.25) is 0 Å². The number of urea groups is 1. The molecule has 5 nitrogen and oxygen atoms in total. The normalized spacial score (nSPS) is 20.8. The van der Waals surface area contributed by atoms with E-state index in [1.54, 1.807) is 18.4 Å². The van der Waals surface area contributed by atoms with E-state index in [4.69, 9.17) is 4.42 Å². The number of nitrogens with zero attached hydrogens (tertiary/aromatic N) is 1. The Hall–Kier alpha value is -2.43. The first-order valence-electron chi connectivity index (χ1n) is 8.49. The van der Waals surface area contributed by atoms with E-state index < -0.39 is 0 Å². The summed E-state index contributed by atoms with van der Waals surface area (Å²) in [6.07, 6.45) is 4.35.